The summed E-state index contributed by atoms with van der Waals surface area (Å²) >= 11 is 1.15. The number of amides is 2. The number of alkyl halides is 3. The molecule has 8 heteroatoms. The summed E-state index contributed by atoms with van der Waals surface area (Å²) in [5.41, 5.74) is -0.649. The molecule has 0 radical (unpaired) electrons. The van der Waals surface area contributed by atoms with Crippen molar-refractivity contribution in [1.29, 1.82) is 0 Å². The van der Waals surface area contributed by atoms with Crippen molar-refractivity contribution in [3.8, 4) is 0 Å². The highest BCUT2D eigenvalue weighted by atomic mass is 32.2. The van der Waals surface area contributed by atoms with Gasteiger partial charge in [0.25, 0.3) is 0 Å². The van der Waals surface area contributed by atoms with Crippen molar-refractivity contribution in [2.45, 2.75) is 42.5 Å². The number of piperidine rings is 1. The molecule has 2 amide bonds. The van der Waals surface area contributed by atoms with Crippen molar-refractivity contribution < 1.29 is 22.8 Å². The Hall–Kier alpha value is -1.70. The molecule has 2 aliphatic rings. The molecule has 4 nitrogen and oxygen atoms in total. The van der Waals surface area contributed by atoms with E-state index >= 15 is 0 Å². The van der Waals surface area contributed by atoms with Gasteiger partial charge in [-0.05, 0) is 37.0 Å². The van der Waals surface area contributed by atoms with Crippen molar-refractivity contribution in [2.75, 3.05) is 18.4 Å². The maximum Gasteiger partial charge on any atom is 0.416 e. The molecule has 0 bridgehead atoms. The highest BCUT2D eigenvalue weighted by Crippen LogP contribution is 2.40. The predicted molar refractivity (Wildman–Crippen MR) is 89.3 cm³/mol. The average Bonchev–Trinajstić information content (AvgIpc) is 2.54. The van der Waals surface area contributed by atoms with Gasteiger partial charge in [0.1, 0.15) is 0 Å². The molecule has 136 valence electrons. The van der Waals surface area contributed by atoms with Crippen LogP contribution in [0.3, 0.4) is 0 Å². The number of nitrogens with zero attached hydrogens (tertiary/aromatic N) is 1. The number of fused-ring (bicyclic) bond motifs is 1. The third kappa shape index (κ3) is 4.11. The summed E-state index contributed by atoms with van der Waals surface area (Å²) in [7, 11) is 0. The first-order chi connectivity index (χ1) is 11.7. The van der Waals surface area contributed by atoms with Crippen molar-refractivity contribution in [3.05, 3.63) is 23.8 Å². The number of anilines is 1. The van der Waals surface area contributed by atoms with Crippen molar-refractivity contribution in [3.63, 3.8) is 0 Å². The summed E-state index contributed by atoms with van der Waals surface area (Å²) in [6.07, 6.45) is -2.48. The van der Waals surface area contributed by atoms with Crippen LogP contribution in [0.25, 0.3) is 0 Å². The highest BCUT2D eigenvalue weighted by Gasteiger charge is 2.35. The van der Waals surface area contributed by atoms with E-state index < -0.39 is 22.9 Å². The molecular weight excluding hydrogens is 353 g/mol. The van der Waals surface area contributed by atoms with Gasteiger partial charge in [0.15, 0.2) is 0 Å². The maximum atomic E-state index is 12.8. The van der Waals surface area contributed by atoms with Crippen LogP contribution in [-0.4, -0.2) is 35.1 Å². The van der Waals surface area contributed by atoms with Gasteiger partial charge < -0.3 is 10.2 Å². The van der Waals surface area contributed by atoms with Crippen LogP contribution in [0.5, 0.6) is 0 Å². The SMILES string of the molecule is CC1CCN(C(=O)C[C@@H]2Sc3ccc(C(F)(F)F)cc3NC2=O)CC1. The molecule has 1 aromatic rings. The molecular formula is C17H19F3N2O2S. The largest absolute Gasteiger partial charge is 0.416 e. The second kappa shape index (κ2) is 6.90. The van der Waals surface area contributed by atoms with E-state index in [1.807, 2.05) is 0 Å². The fraction of sp³-hybridized carbons (Fsp3) is 0.529. The quantitative estimate of drug-likeness (QED) is 0.860. The Morgan fingerprint density at radius 3 is 2.64 bits per heavy atom. The number of benzene rings is 1. The number of thioether (sulfide) groups is 1. The number of nitrogens with one attached hydrogen (secondary N) is 1. The Morgan fingerprint density at radius 1 is 1.32 bits per heavy atom. The van der Waals surface area contributed by atoms with Gasteiger partial charge in [-0.3, -0.25) is 9.59 Å². The lowest BCUT2D eigenvalue weighted by Crippen LogP contribution is -2.41. The van der Waals surface area contributed by atoms with Crippen LogP contribution in [0, 0.1) is 5.92 Å². The highest BCUT2D eigenvalue weighted by molar-refractivity contribution is 8.01. The summed E-state index contributed by atoms with van der Waals surface area (Å²) < 4.78 is 38.3. The van der Waals surface area contributed by atoms with Crippen LogP contribution in [0.2, 0.25) is 0 Å². The number of carbonyl (C=O) groups excluding carboxylic acids is 2. The van der Waals surface area contributed by atoms with Crippen LogP contribution in [0.15, 0.2) is 23.1 Å². The zero-order chi connectivity index (χ0) is 18.2. The first-order valence-corrected chi connectivity index (χ1v) is 9.08. The minimum Gasteiger partial charge on any atom is -0.343 e. The van der Waals surface area contributed by atoms with Gasteiger partial charge in [-0.25, -0.2) is 0 Å². The Morgan fingerprint density at radius 2 is 2.00 bits per heavy atom. The maximum absolute atomic E-state index is 12.8. The molecule has 0 aromatic heterocycles. The Bertz CT molecular complexity index is 685. The summed E-state index contributed by atoms with van der Waals surface area (Å²) in [4.78, 5) is 26.9. The smallest absolute Gasteiger partial charge is 0.343 e. The number of likely N-dealkylation sites (tertiary alicyclic amines) is 1. The van der Waals surface area contributed by atoms with Crippen molar-refractivity contribution in [2.24, 2.45) is 5.92 Å². The summed E-state index contributed by atoms with van der Waals surface area (Å²) in [5, 5.41) is 1.89. The number of halogens is 3. The number of rotatable bonds is 2. The Balaban J connectivity index is 1.67. The molecule has 0 aliphatic carbocycles. The van der Waals surface area contributed by atoms with Crippen LogP contribution < -0.4 is 5.32 Å². The summed E-state index contributed by atoms with van der Waals surface area (Å²) in [5.74, 6) is 0.108. The summed E-state index contributed by atoms with van der Waals surface area (Å²) in [6.45, 7) is 3.55. The van der Waals surface area contributed by atoms with Gasteiger partial charge in [0.2, 0.25) is 11.8 Å². The van der Waals surface area contributed by atoms with Gasteiger partial charge in [0, 0.05) is 24.4 Å². The lowest BCUT2D eigenvalue weighted by atomic mass is 9.99. The van der Waals surface area contributed by atoms with Crippen LogP contribution in [0.1, 0.15) is 31.7 Å². The van der Waals surface area contributed by atoms with E-state index in [9.17, 15) is 22.8 Å². The van der Waals surface area contributed by atoms with Crippen molar-refractivity contribution in [1.82, 2.24) is 4.90 Å². The zero-order valence-corrected chi connectivity index (χ0v) is 14.5. The van der Waals surface area contributed by atoms with Gasteiger partial charge in [-0.15, -0.1) is 11.8 Å². The molecule has 0 saturated carbocycles. The molecule has 1 fully saturated rings. The summed E-state index contributed by atoms with van der Waals surface area (Å²) in [6, 6.07) is 3.28. The van der Waals surface area contributed by atoms with E-state index in [-0.39, 0.29) is 18.0 Å². The first-order valence-electron chi connectivity index (χ1n) is 8.20. The van der Waals surface area contributed by atoms with Gasteiger partial charge in [-0.1, -0.05) is 6.92 Å². The second-order valence-electron chi connectivity index (χ2n) is 6.57. The van der Waals surface area contributed by atoms with E-state index in [2.05, 4.69) is 12.2 Å². The lowest BCUT2D eigenvalue weighted by molar-refractivity contribution is -0.137. The monoisotopic (exact) mass is 372 g/mol. The molecule has 2 aliphatic heterocycles. The molecule has 1 N–H and O–H groups in total. The standard InChI is InChI=1S/C17H19F3N2O2S/c1-10-4-6-22(7-5-10)15(23)9-14-16(24)21-12-8-11(17(18,19)20)2-3-13(12)25-14/h2-3,8,10,14H,4-7,9H2,1H3,(H,21,24)/t14-/m0/s1. The normalized spacial score (nSPS) is 21.7. The number of hydrogen-bond donors (Lipinski definition) is 1. The molecule has 2 heterocycles. The zero-order valence-electron chi connectivity index (χ0n) is 13.7. The first kappa shape index (κ1) is 18.1. The topological polar surface area (TPSA) is 49.4 Å². The van der Waals surface area contributed by atoms with Crippen LogP contribution in [-0.2, 0) is 15.8 Å². The van der Waals surface area contributed by atoms with E-state index in [1.54, 1.807) is 4.90 Å². The minimum atomic E-state index is -4.46. The third-order valence-corrected chi connectivity index (χ3v) is 5.90. The minimum absolute atomic E-state index is 0.0609. The molecule has 1 saturated heterocycles. The lowest BCUT2D eigenvalue weighted by Gasteiger charge is -2.32. The van der Waals surface area contributed by atoms with Gasteiger partial charge in [0.05, 0.1) is 16.5 Å². The van der Waals surface area contributed by atoms with E-state index in [0.29, 0.717) is 23.9 Å². The average molecular weight is 372 g/mol. The second-order valence-corrected chi connectivity index (χ2v) is 7.82. The molecule has 0 unspecified atom stereocenters. The van der Waals surface area contributed by atoms with Crippen molar-refractivity contribution >= 4 is 29.3 Å². The fourth-order valence-corrected chi connectivity index (χ4v) is 4.09. The van der Waals surface area contributed by atoms with Gasteiger partial charge >= 0.3 is 6.18 Å². The van der Waals surface area contributed by atoms with Crippen LogP contribution in [0.4, 0.5) is 18.9 Å². The molecule has 0 spiro atoms. The number of carbonyl (C=O) groups is 2. The van der Waals surface area contributed by atoms with E-state index in [4.69, 9.17) is 0 Å². The Kier molecular flexibility index (Phi) is 4.99. The molecule has 25 heavy (non-hydrogen) atoms. The van der Waals surface area contributed by atoms with E-state index in [0.717, 1.165) is 36.7 Å². The fourth-order valence-electron chi connectivity index (χ4n) is 3.01. The molecule has 3 rings (SSSR count). The number of hydrogen-bond acceptors (Lipinski definition) is 3. The predicted octanol–water partition coefficient (Wildman–Crippen LogP) is 3.77. The van der Waals surface area contributed by atoms with Gasteiger partial charge in [-0.2, -0.15) is 13.2 Å². The molecule has 1 atom stereocenters. The van der Waals surface area contributed by atoms with Crippen LogP contribution >= 0.6 is 11.8 Å². The Labute approximate surface area is 148 Å². The third-order valence-electron chi connectivity index (χ3n) is 4.62. The molecule has 1 aromatic carbocycles. The van der Waals surface area contributed by atoms with E-state index in [1.165, 1.54) is 6.07 Å².